The van der Waals surface area contributed by atoms with Crippen molar-refractivity contribution in [1.82, 2.24) is 20.0 Å². The number of hydrogen-bond acceptors (Lipinski definition) is 6. The molecule has 2 N–H and O–H groups in total. The van der Waals surface area contributed by atoms with E-state index in [1.165, 1.54) is 21.7 Å². The maximum absolute atomic E-state index is 12.2. The molecule has 178 valence electrons. The summed E-state index contributed by atoms with van der Waals surface area (Å²) in [7, 11) is 0. The quantitative estimate of drug-likeness (QED) is 0.575. The monoisotopic (exact) mass is 484 g/mol. The molecule has 0 radical (unpaired) electrons. The summed E-state index contributed by atoms with van der Waals surface area (Å²) in [4.78, 5) is 26.2. The number of hydrogen-bond donors (Lipinski definition) is 2. The maximum atomic E-state index is 12.2. The lowest BCUT2D eigenvalue weighted by Crippen LogP contribution is -2.36. The summed E-state index contributed by atoms with van der Waals surface area (Å²) in [5.74, 6) is -2.28. The molecule has 4 rings (SSSR count). The molecule has 0 saturated heterocycles. The molecule has 3 aromatic rings. The number of amides is 1. The number of carboxylic acids is 1. The molecule has 1 atom stereocenters. The molecule has 0 aliphatic carbocycles. The van der Waals surface area contributed by atoms with Crippen molar-refractivity contribution >= 4 is 23.2 Å². The SMILES string of the molecule is Cc1ccc(CN2Cc3ccnn3CC(CNC(=O)c3ccco3)C2)s1.O=C(O)C(F)(F)F. The van der Waals surface area contributed by atoms with Gasteiger partial charge in [0.05, 0.1) is 12.0 Å². The summed E-state index contributed by atoms with van der Waals surface area (Å²) >= 11 is 1.84. The van der Waals surface area contributed by atoms with Gasteiger partial charge >= 0.3 is 12.1 Å². The number of alkyl halides is 3. The Morgan fingerprint density at radius 2 is 2.03 bits per heavy atom. The van der Waals surface area contributed by atoms with Gasteiger partial charge in [-0.05, 0) is 37.3 Å². The standard InChI is InChI=1S/C19H22N4O2S.C2HF3O2/c1-14-4-5-17(26-14)13-22-10-15(11-23-16(12-22)6-7-21-23)9-20-19(24)18-3-2-8-25-18;3-2(4,5)1(6)7/h2-8,15H,9-13H2,1H3,(H,20,24);(H,6,7). The van der Waals surface area contributed by atoms with Crippen molar-refractivity contribution < 1.29 is 32.3 Å². The van der Waals surface area contributed by atoms with Crippen molar-refractivity contribution in [2.45, 2.75) is 32.7 Å². The fourth-order valence-corrected chi connectivity index (χ4v) is 4.32. The minimum atomic E-state index is -5.08. The van der Waals surface area contributed by atoms with E-state index >= 15 is 0 Å². The normalized spacial score (nSPS) is 16.3. The van der Waals surface area contributed by atoms with E-state index in [4.69, 9.17) is 14.3 Å². The minimum Gasteiger partial charge on any atom is -0.475 e. The number of nitrogens with zero attached hydrogens (tertiary/aromatic N) is 3. The van der Waals surface area contributed by atoms with Crippen molar-refractivity contribution in [2.75, 3.05) is 13.1 Å². The van der Waals surface area contributed by atoms with Gasteiger partial charge in [-0.3, -0.25) is 14.4 Å². The topological polar surface area (TPSA) is 101 Å². The van der Waals surface area contributed by atoms with E-state index in [1.54, 1.807) is 12.1 Å². The van der Waals surface area contributed by atoms with Crippen LogP contribution in [0.2, 0.25) is 0 Å². The summed E-state index contributed by atoms with van der Waals surface area (Å²) in [5, 5.41) is 14.6. The number of carboxylic acid groups (broad SMARTS) is 1. The Bertz CT molecular complexity index is 1060. The van der Waals surface area contributed by atoms with Gasteiger partial charge in [-0.2, -0.15) is 18.3 Å². The van der Waals surface area contributed by atoms with E-state index in [0.29, 0.717) is 12.3 Å². The van der Waals surface area contributed by atoms with Crippen LogP contribution in [-0.2, 0) is 24.4 Å². The fraction of sp³-hybridized carbons (Fsp3) is 0.381. The number of carbonyl (C=O) groups is 2. The highest BCUT2D eigenvalue weighted by atomic mass is 32.1. The molecular formula is C21H23F3N4O4S. The minimum absolute atomic E-state index is 0.166. The lowest BCUT2D eigenvalue weighted by molar-refractivity contribution is -0.192. The predicted octanol–water partition coefficient (Wildman–Crippen LogP) is 3.54. The number of nitrogens with one attached hydrogen (secondary N) is 1. The number of aromatic nitrogens is 2. The molecule has 3 aromatic heterocycles. The Kier molecular flexibility index (Phi) is 7.92. The van der Waals surface area contributed by atoms with E-state index in [2.05, 4.69) is 45.1 Å². The molecule has 1 amide bonds. The Morgan fingerprint density at radius 3 is 2.64 bits per heavy atom. The van der Waals surface area contributed by atoms with E-state index in [0.717, 1.165) is 26.2 Å². The van der Waals surface area contributed by atoms with Crippen LogP contribution in [-0.4, -0.2) is 50.9 Å². The third-order valence-electron chi connectivity index (χ3n) is 4.85. The number of thiophene rings is 1. The van der Waals surface area contributed by atoms with Crippen LogP contribution in [0, 0.1) is 12.8 Å². The Balaban J connectivity index is 0.000000383. The molecule has 1 unspecified atom stereocenters. The highest BCUT2D eigenvalue weighted by Gasteiger charge is 2.38. The first kappa shape index (κ1) is 24.5. The van der Waals surface area contributed by atoms with E-state index < -0.39 is 12.1 Å². The summed E-state index contributed by atoms with van der Waals surface area (Å²) in [6.45, 7) is 6.25. The molecule has 4 heterocycles. The lowest BCUT2D eigenvalue weighted by Gasteiger charge is -2.23. The molecule has 0 spiro atoms. The van der Waals surface area contributed by atoms with Gasteiger partial charge in [0.15, 0.2) is 5.76 Å². The molecule has 33 heavy (non-hydrogen) atoms. The number of rotatable bonds is 5. The van der Waals surface area contributed by atoms with Crippen LogP contribution in [0.5, 0.6) is 0 Å². The average Bonchev–Trinajstić information content (AvgIpc) is 3.48. The molecule has 0 bridgehead atoms. The van der Waals surface area contributed by atoms with E-state index in [-0.39, 0.29) is 11.8 Å². The first-order chi connectivity index (χ1) is 15.6. The second kappa shape index (κ2) is 10.7. The van der Waals surface area contributed by atoms with Crippen molar-refractivity contribution in [1.29, 1.82) is 0 Å². The van der Waals surface area contributed by atoms with Gasteiger partial charge in [-0.1, -0.05) is 0 Å². The predicted molar refractivity (Wildman–Crippen MR) is 114 cm³/mol. The van der Waals surface area contributed by atoms with Gasteiger partial charge in [-0.25, -0.2) is 4.79 Å². The number of aryl methyl sites for hydroxylation is 1. The fourth-order valence-electron chi connectivity index (χ4n) is 3.39. The zero-order chi connectivity index (χ0) is 24.0. The second-order valence-electron chi connectivity index (χ2n) is 7.54. The van der Waals surface area contributed by atoms with Crippen LogP contribution in [0.1, 0.15) is 26.0 Å². The second-order valence-corrected chi connectivity index (χ2v) is 8.92. The van der Waals surface area contributed by atoms with E-state index in [9.17, 15) is 18.0 Å². The molecular weight excluding hydrogens is 461 g/mol. The van der Waals surface area contributed by atoms with Crippen molar-refractivity contribution in [2.24, 2.45) is 5.92 Å². The summed E-state index contributed by atoms with van der Waals surface area (Å²) < 4.78 is 39.0. The number of carbonyl (C=O) groups excluding carboxylic acids is 1. The zero-order valence-corrected chi connectivity index (χ0v) is 18.5. The van der Waals surface area contributed by atoms with Crippen molar-refractivity contribution in [3.05, 3.63) is 64.0 Å². The Hall–Kier alpha value is -3.12. The molecule has 1 aliphatic heterocycles. The summed E-state index contributed by atoms with van der Waals surface area (Å²) in [5.41, 5.74) is 1.22. The summed E-state index contributed by atoms with van der Waals surface area (Å²) in [6.07, 6.45) is -1.71. The van der Waals surface area contributed by atoms with Gasteiger partial charge in [-0.15, -0.1) is 11.3 Å². The van der Waals surface area contributed by atoms with Gasteiger partial charge in [0, 0.05) is 54.6 Å². The number of halogens is 3. The number of furan rings is 1. The maximum Gasteiger partial charge on any atom is 0.490 e. The summed E-state index contributed by atoms with van der Waals surface area (Å²) in [6, 6.07) is 9.86. The molecule has 0 aromatic carbocycles. The third kappa shape index (κ3) is 7.19. The number of fused-ring (bicyclic) bond motifs is 1. The highest BCUT2D eigenvalue weighted by molar-refractivity contribution is 7.11. The van der Waals surface area contributed by atoms with E-state index in [1.807, 2.05) is 17.5 Å². The molecule has 8 nitrogen and oxygen atoms in total. The van der Waals surface area contributed by atoms with Gasteiger partial charge in [0.1, 0.15) is 0 Å². The zero-order valence-electron chi connectivity index (χ0n) is 17.7. The average molecular weight is 485 g/mol. The van der Waals surface area contributed by atoms with Crippen LogP contribution in [0.15, 0.2) is 47.2 Å². The first-order valence-corrected chi connectivity index (χ1v) is 10.8. The molecule has 0 fully saturated rings. The Morgan fingerprint density at radius 1 is 1.27 bits per heavy atom. The smallest absolute Gasteiger partial charge is 0.475 e. The van der Waals surface area contributed by atoms with Crippen molar-refractivity contribution in [3.63, 3.8) is 0 Å². The van der Waals surface area contributed by atoms with Gasteiger partial charge in [0.25, 0.3) is 5.91 Å². The first-order valence-electron chi connectivity index (χ1n) is 10.0. The van der Waals surface area contributed by atoms with Crippen LogP contribution >= 0.6 is 11.3 Å². The van der Waals surface area contributed by atoms with Gasteiger partial charge in [0.2, 0.25) is 0 Å². The highest BCUT2D eigenvalue weighted by Crippen LogP contribution is 2.22. The Labute approximate surface area is 191 Å². The van der Waals surface area contributed by atoms with Crippen LogP contribution < -0.4 is 5.32 Å². The molecule has 0 saturated carbocycles. The van der Waals surface area contributed by atoms with Gasteiger partial charge < -0.3 is 14.8 Å². The van der Waals surface area contributed by atoms with Crippen LogP contribution in [0.4, 0.5) is 13.2 Å². The van der Waals surface area contributed by atoms with Crippen molar-refractivity contribution in [3.8, 4) is 0 Å². The largest absolute Gasteiger partial charge is 0.490 e. The molecule has 12 heteroatoms. The number of aliphatic carboxylic acids is 1. The van der Waals surface area contributed by atoms with Crippen LogP contribution in [0.25, 0.3) is 0 Å². The lowest BCUT2D eigenvalue weighted by atomic mass is 10.1. The molecule has 1 aliphatic rings. The van der Waals surface area contributed by atoms with Crippen LogP contribution in [0.3, 0.4) is 0 Å². The third-order valence-corrected chi connectivity index (χ3v) is 5.84.